The van der Waals surface area contributed by atoms with Crippen molar-refractivity contribution < 1.29 is 14.1 Å². The predicted octanol–water partition coefficient (Wildman–Crippen LogP) is 3.15. The molecule has 0 saturated carbocycles. The van der Waals surface area contributed by atoms with Crippen LogP contribution in [0.15, 0.2) is 34.9 Å². The monoisotopic (exact) mass is 322 g/mol. The van der Waals surface area contributed by atoms with Crippen LogP contribution in [0.1, 0.15) is 24.6 Å². The van der Waals surface area contributed by atoms with Crippen molar-refractivity contribution in [2.75, 3.05) is 6.61 Å². The minimum Gasteiger partial charge on any atom is -0.491 e. The molecule has 0 aliphatic heterocycles. The van der Waals surface area contributed by atoms with Crippen LogP contribution in [0.4, 0.5) is 0 Å². The number of hydrogen-bond acceptors (Lipinski definition) is 4. The lowest BCUT2D eigenvalue weighted by Crippen LogP contribution is -2.39. The van der Waals surface area contributed by atoms with Crippen molar-refractivity contribution in [2.24, 2.45) is 0 Å². The summed E-state index contributed by atoms with van der Waals surface area (Å²) in [4.78, 5) is 12.1. The molecule has 0 aliphatic carbocycles. The zero-order valence-electron chi connectivity index (χ0n) is 12.6. The Bertz CT molecular complexity index is 594. The Kier molecular flexibility index (Phi) is 5.83. The van der Waals surface area contributed by atoms with Crippen molar-refractivity contribution in [2.45, 2.75) is 32.7 Å². The molecule has 1 N–H and O–H groups in total. The van der Waals surface area contributed by atoms with Crippen LogP contribution in [0, 0.1) is 6.92 Å². The van der Waals surface area contributed by atoms with Crippen molar-refractivity contribution >= 4 is 17.5 Å². The summed E-state index contributed by atoms with van der Waals surface area (Å²) >= 11 is 5.87. The summed E-state index contributed by atoms with van der Waals surface area (Å²) in [5.74, 6) is 0.657. The first kappa shape index (κ1) is 16.4. The van der Waals surface area contributed by atoms with Gasteiger partial charge in [-0.3, -0.25) is 4.79 Å². The molecular formula is C16H19ClN2O3. The van der Waals surface area contributed by atoms with E-state index in [0.717, 1.165) is 12.2 Å². The van der Waals surface area contributed by atoms with Crippen molar-refractivity contribution in [3.63, 3.8) is 0 Å². The van der Waals surface area contributed by atoms with E-state index in [0.29, 0.717) is 17.9 Å². The van der Waals surface area contributed by atoms with Crippen LogP contribution in [-0.2, 0) is 11.2 Å². The molecule has 6 heteroatoms. The second kappa shape index (κ2) is 7.84. The maximum absolute atomic E-state index is 12.1. The molecule has 2 rings (SSSR count). The second-order valence-electron chi connectivity index (χ2n) is 4.99. The van der Waals surface area contributed by atoms with Crippen LogP contribution in [0.25, 0.3) is 0 Å². The molecule has 1 atom stereocenters. The van der Waals surface area contributed by atoms with Gasteiger partial charge in [0.1, 0.15) is 12.4 Å². The molecule has 0 spiro atoms. The minimum atomic E-state index is -0.128. The van der Waals surface area contributed by atoms with Crippen LogP contribution in [0.5, 0.6) is 5.75 Å². The predicted molar refractivity (Wildman–Crippen MR) is 84.1 cm³/mol. The molecule has 0 radical (unpaired) electrons. The number of aryl methyl sites for hydroxylation is 1. The summed E-state index contributed by atoms with van der Waals surface area (Å²) in [7, 11) is 0. The summed E-state index contributed by atoms with van der Waals surface area (Å²) in [6.07, 6.45) is 0.922. The molecule has 0 saturated heterocycles. The van der Waals surface area contributed by atoms with Gasteiger partial charge in [0.05, 0.1) is 18.2 Å². The van der Waals surface area contributed by atoms with Gasteiger partial charge in [-0.15, -0.1) is 0 Å². The number of ether oxygens (including phenoxy) is 1. The zero-order valence-corrected chi connectivity index (χ0v) is 13.4. The van der Waals surface area contributed by atoms with Gasteiger partial charge in [0, 0.05) is 5.56 Å². The highest BCUT2D eigenvalue weighted by molar-refractivity contribution is 6.29. The molecule has 2 aromatic rings. The SMILES string of the molecule is CC[C@@H](COc1ccccc1)NC(=O)Cc1c(C)noc1Cl. The third-order valence-corrected chi connectivity index (χ3v) is 3.62. The molecule has 0 unspecified atom stereocenters. The molecule has 1 aromatic heterocycles. The Labute approximate surface area is 134 Å². The van der Waals surface area contributed by atoms with Gasteiger partial charge in [0.15, 0.2) is 0 Å². The van der Waals surface area contributed by atoms with Crippen molar-refractivity contribution in [3.8, 4) is 5.75 Å². The Hall–Kier alpha value is -2.01. The van der Waals surface area contributed by atoms with Gasteiger partial charge in [-0.25, -0.2) is 0 Å². The number of para-hydroxylation sites is 1. The Morgan fingerprint density at radius 2 is 2.14 bits per heavy atom. The van der Waals surface area contributed by atoms with E-state index in [-0.39, 0.29) is 23.6 Å². The number of hydrogen-bond donors (Lipinski definition) is 1. The van der Waals surface area contributed by atoms with E-state index in [9.17, 15) is 4.79 Å². The molecule has 0 fully saturated rings. The molecule has 0 bridgehead atoms. The highest BCUT2D eigenvalue weighted by Crippen LogP contribution is 2.19. The van der Waals surface area contributed by atoms with E-state index in [1.807, 2.05) is 37.3 Å². The van der Waals surface area contributed by atoms with Gasteiger partial charge in [-0.1, -0.05) is 30.3 Å². The largest absolute Gasteiger partial charge is 0.491 e. The highest BCUT2D eigenvalue weighted by atomic mass is 35.5. The van der Waals surface area contributed by atoms with Gasteiger partial charge in [0.2, 0.25) is 11.1 Å². The molecule has 118 valence electrons. The first-order chi connectivity index (χ1) is 10.6. The first-order valence-corrected chi connectivity index (χ1v) is 7.55. The molecule has 1 amide bonds. The topological polar surface area (TPSA) is 64.4 Å². The maximum Gasteiger partial charge on any atom is 0.229 e. The zero-order chi connectivity index (χ0) is 15.9. The normalized spacial score (nSPS) is 12.0. The van der Waals surface area contributed by atoms with Gasteiger partial charge in [-0.2, -0.15) is 0 Å². The third kappa shape index (κ3) is 4.49. The van der Waals surface area contributed by atoms with Crippen LogP contribution in [0.3, 0.4) is 0 Å². The number of carbonyl (C=O) groups excluding carboxylic acids is 1. The Morgan fingerprint density at radius 3 is 2.73 bits per heavy atom. The molecule has 1 aromatic carbocycles. The van der Waals surface area contributed by atoms with E-state index < -0.39 is 0 Å². The number of rotatable bonds is 7. The number of aromatic nitrogens is 1. The van der Waals surface area contributed by atoms with E-state index in [1.54, 1.807) is 6.92 Å². The van der Waals surface area contributed by atoms with E-state index >= 15 is 0 Å². The lowest BCUT2D eigenvalue weighted by Gasteiger charge is -2.17. The van der Waals surface area contributed by atoms with Crippen LogP contribution in [0.2, 0.25) is 5.22 Å². The smallest absolute Gasteiger partial charge is 0.229 e. The van der Waals surface area contributed by atoms with Crippen molar-refractivity contribution in [3.05, 3.63) is 46.8 Å². The second-order valence-corrected chi connectivity index (χ2v) is 5.34. The summed E-state index contributed by atoms with van der Waals surface area (Å²) in [6, 6.07) is 9.45. The Balaban J connectivity index is 1.86. The Morgan fingerprint density at radius 1 is 1.41 bits per heavy atom. The van der Waals surface area contributed by atoms with Crippen LogP contribution in [-0.4, -0.2) is 23.7 Å². The van der Waals surface area contributed by atoms with E-state index in [2.05, 4.69) is 10.5 Å². The lowest BCUT2D eigenvalue weighted by atomic mass is 10.1. The maximum atomic E-state index is 12.1. The molecule has 22 heavy (non-hydrogen) atoms. The molecule has 0 aliphatic rings. The molecule has 1 heterocycles. The summed E-state index contributed by atoms with van der Waals surface area (Å²) < 4.78 is 10.5. The number of halogens is 1. The molecule has 5 nitrogen and oxygen atoms in total. The quantitative estimate of drug-likeness (QED) is 0.850. The number of nitrogens with zero attached hydrogens (tertiary/aromatic N) is 1. The summed E-state index contributed by atoms with van der Waals surface area (Å²) in [5, 5.41) is 6.84. The number of benzene rings is 1. The highest BCUT2D eigenvalue weighted by Gasteiger charge is 2.17. The summed E-state index contributed by atoms with van der Waals surface area (Å²) in [5.41, 5.74) is 1.26. The van der Waals surface area contributed by atoms with Gasteiger partial charge >= 0.3 is 0 Å². The van der Waals surface area contributed by atoms with Crippen LogP contribution < -0.4 is 10.1 Å². The van der Waals surface area contributed by atoms with Crippen molar-refractivity contribution in [1.29, 1.82) is 0 Å². The molecular weight excluding hydrogens is 304 g/mol. The first-order valence-electron chi connectivity index (χ1n) is 7.18. The minimum absolute atomic E-state index is 0.0633. The van der Waals surface area contributed by atoms with E-state index in [1.165, 1.54) is 0 Å². The lowest BCUT2D eigenvalue weighted by molar-refractivity contribution is -0.121. The fourth-order valence-electron chi connectivity index (χ4n) is 1.97. The average Bonchev–Trinajstić information content (AvgIpc) is 2.84. The average molecular weight is 323 g/mol. The third-order valence-electron chi connectivity index (χ3n) is 3.33. The number of amides is 1. The van der Waals surface area contributed by atoms with Gasteiger partial charge in [-0.05, 0) is 37.1 Å². The van der Waals surface area contributed by atoms with E-state index in [4.69, 9.17) is 20.9 Å². The van der Waals surface area contributed by atoms with Gasteiger partial charge < -0.3 is 14.6 Å². The van der Waals surface area contributed by atoms with Gasteiger partial charge in [0.25, 0.3) is 0 Å². The fourth-order valence-corrected chi connectivity index (χ4v) is 2.21. The van der Waals surface area contributed by atoms with Crippen molar-refractivity contribution in [1.82, 2.24) is 10.5 Å². The number of carbonyl (C=O) groups is 1. The van der Waals surface area contributed by atoms with Crippen LogP contribution >= 0.6 is 11.6 Å². The number of nitrogens with one attached hydrogen (secondary N) is 1. The standard InChI is InChI=1S/C16H19ClN2O3/c1-3-12(10-21-13-7-5-4-6-8-13)18-15(20)9-14-11(2)19-22-16(14)17/h4-8,12H,3,9-10H2,1-2H3,(H,18,20)/t12-/m0/s1. The fraction of sp³-hybridized carbons (Fsp3) is 0.375. The summed E-state index contributed by atoms with van der Waals surface area (Å²) in [6.45, 7) is 4.17.